The first-order valence-electron chi connectivity index (χ1n) is 8.45. The Hall–Kier alpha value is -1.08. The van der Waals surface area contributed by atoms with Gasteiger partial charge in [0.25, 0.3) is 0 Å². The fraction of sp³-hybridized carbons (Fsp3) is 0.600. The molecule has 1 aromatic rings. The summed E-state index contributed by atoms with van der Waals surface area (Å²) in [7, 11) is 0. The first-order chi connectivity index (χ1) is 9.93. The predicted molar refractivity (Wildman–Crippen MR) is 90.4 cm³/mol. The number of hydrogen-bond donors (Lipinski definition) is 1. The Bertz CT molecular complexity index is 506. The number of rotatable bonds is 4. The van der Waals surface area contributed by atoms with Crippen molar-refractivity contribution in [2.24, 2.45) is 17.8 Å². The van der Waals surface area contributed by atoms with Gasteiger partial charge >= 0.3 is 0 Å². The molecular formula is C20H29N. The number of nitrogens with one attached hydrogen (secondary N) is 1. The van der Waals surface area contributed by atoms with Crippen molar-refractivity contribution >= 4 is 0 Å². The summed E-state index contributed by atoms with van der Waals surface area (Å²) in [5.74, 6) is 2.58. The van der Waals surface area contributed by atoms with E-state index >= 15 is 0 Å². The molecule has 1 heteroatoms. The Morgan fingerprint density at radius 3 is 2.33 bits per heavy atom. The second kappa shape index (κ2) is 5.61. The van der Waals surface area contributed by atoms with E-state index in [4.69, 9.17) is 0 Å². The van der Waals surface area contributed by atoms with E-state index in [0.29, 0.717) is 6.04 Å². The average molecular weight is 283 g/mol. The molecule has 1 N–H and O–H groups in total. The Labute approximate surface area is 129 Å². The summed E-state index contributed by atoms with van der Waals surface area (Å²) in [4.78, 5) is 0. The fourth-order valence-electron chi connectivity index (χ4n) is 3.85. The molecule has 1 fully saturated rings. The van der Waals surface area contributed by atoms with Crippen LogP contribution in [0.4, 0.5) is 0 Å². The fourth-order valence-corrected chi connectivity index (χ4v) is 3.85. The average Bonchev–Trinajstić information content (AvgIpc) is 3.06. The van der Waals surface area contributed by atoms with Crippen molar-refractivity contribution in [3.8, 4) is 0 Å². The normalized spacial score (nSPS) is 29.0. The van der Waals surface area contributed by atoms with E-state index in [1.807, 2.05) is 0 Å². The summed E-state index contributed by atoms with van der Waals surface area (Å²) in [6.07, 6.45) is 7.67. The van der Waals surface area contributed by atoms with Crippen LogP contribution < -0.4 is 5.32 Å². The second-order valence-corrected chi connectivity index (χ2v) is 8.04. The molecule has 1 nitrogen and oxygen atoms in total. The van der Waals surface area contributed by atoms with Gasteiger partial charge in [-0.3, -0.25) is 0 Å². The lowest BCUT2D eigenvalue weighted by Gasteiger charge is -2.23. The molecule has 4 unspecified atom stereocenters. The Morgan fingerprint density at radius 2 is 1.81 bits per heavy atom. The van der Waals surface area contributed by atoms with E-state index in [2.05, 4.69) is 69.4 Å². The van der Waals surface area contributed by atoms with Crippen LogP contribution in [0.5, 0.6) is 0 Å². The zero-order chi connectivity index (χ0) is 15.0. The van der Waals surface area contributed by atoms with Gasteiger partial charge in [0.05, 0.1) is 0 Å². The minimum absolute atomic E-state index is 0.241. The molecule has 2 aliphatic rings. The van der Waals surface area contributed by atoms with Crippen LogP contribution in [0.2, 0.25) is 0 Å². The Balaban J connectivity index is 1.55. The molecule has 0 heterocycles. The number of allylic oxidation sites excluding steroid dienone is 2. The first kappa shape index (κ1) is 14.8. The molecule has 2 aliphatic carbocycles. The minimum atomic E-state index is 0.241. The van der Waals surface area contributed by atoms with Crippen LogP contribution in [0.25, 0.3) is 0 Å². The molecule has 3 rings (SSSR count). The summed E-state index contributed by atoms with van der Waals surface area (Å²) in [5, 5.41) is 3.75. The van der Waals surface area contributed by atoms with Gasteiger partial charge in [0, 0.05) is 6.04 Å². The zero-order valence-electron chi connectivity index (χ0n) is 13.9. The number of hydrogen-bond acceptors (Lipinski definition) is 1. The lowest BCUT2D eigenvalue weighted by Crippen LogP contribution is -2.27. The van der Waals surface area contributed by atoms with Crippen LogP contribution in [-0.4, -0.2) is 6.54 Å². The topological polar surface area (TPSA) is 12.0 Å². The smallest absolute Gasteiger partial charge is 0.0291 e. The molecule has 1 saturated carbocycles. The van der Waals surface area contributed by atoms with Crippen molar-refractivity contribution in [3.05, 3.63) is 47.5 Å². The lowest BCUT2D eigenvalue weighted by molar-refractivity contribution is 0.393. The molecule has 114 valence electrons. The van der Waals surface area contributed by atoms with Gasteiger partial charge in [0.15, 0.2) is 0 Å². The van der Waals surface area contributed by atoms with Crippen molar-refractivity contribution in [1.29, 1.82) is 0 Å². The summed E-state index contributed by atoms with van der Waals surface area (Å²) >= 11 is 0. The largest absolute Gasteiger partial charge is 0.310 e. The molecule has 2 bridgehead atoms. The lowest BCUT2D eigenvalue weighted by atomic mass is 9.86. The Morgan fingerprint density at radius 1 is 1.10 bits per heavy atom. The van der Waals surface area contributed by atoms with Crippen molar-refractivity contribution in [2.75, 3.05) is 6.54 Å². The minimum Gasteiger partial charge on any atom is -0.310 e. The van der Waals surface area contributed by atoms with Crippen LogP contribution in [0.3, 0.4) is 0 Å². The third-order valence-electron chi connectivity index (χ3n) is 5.38. The maximum absolute atomic E-state index is 3.75. The quantitative estimate of drug-likeness (QED) is 0.779. The highest BCUT2D eigenvalue weighted by Gasteiger charge is 2.35. The molecule has 0 radical (unpaired) electrons. The van der Waals surface area contributed by atoms with Crippen LogP contribution in [0.1, 0.15) is 57.7 Å². The first-order valence-corrected chi connectivity index (χ1v) is 8.45. The van der Waals surface area contributed by atoms with Gasteiger partial charge in [-0.1, -0.05) is 57.2 Å². The Kier molecular flexibility index (Phi) is 3.96. The van der Waals surface area contributed by atoms with Gasteiger partial charge in [0.2, 0.25) is 0 Å². The molecule has 4 atom stereocenters. The maximum Gasteiger partial charge on any atom is 0.0291 e. The standard InChI is InChI=1S/C20H29N/c1-14(16-7-9-19(10-8-16)20(2,3)4)21-13-18-12-15-5-6-17(18)11-15/h5-10,14-15,17-18,21H,11-13H2,1-4H3. The number of benzene rings is 1. The van der Waals surface area contributed by atoms with Crippen LogP contribution in [0.15, 0.2) is 36.4 Å². The molecule has 0 amide bonds. The summed E-state index contributed by atoms with van der Waals surface area (Å²) in [5.41, 5.74) is 3.06. The zero-order valence-corrected chi connectivity index (χ0v) is 13.9. The van der Waals surface area contributed by atoms with Gasteiger partial charge in [0.1, 0.15) is 0 Å². The van der Waals surface area contributed by atoms with Crippen molar-refractivity contribution in [3.63, 3.8) is 0 Å². The predicted octanol–water partition coefficient (Wildman–Crippen LogP) is 4.85. The van der Waals surface area contributed by atoms with E-state index in [0.717, 1.165) is 24.3 Å². The van der Waals surface area contributed by atoms with E-state index in [1.54, 1.807) is 0 Å². The molecule has 21 heavy (non-hydrogen) atoms. The van der Waals surface area contributed by atoms with Gasteiger partial charge < -0.3 is 5.32 Å². The molecular weight excluding hydrogens is 254 g/mol. The van der Waals surface area contributed by atoms with Crippen LogP contribution in [-0.2, 0) is 5.41 Å². The van der Waals surface area contributed by atoms with Gasteiger partial charge in [-0.2, -0.15) is 0 Å². The molecule has 1 aromatic carbocycles. The SMILES string of the molecule is CC(NCC1CC2C=CC1C2)c1ccc(C(C)(C)C)cc1. The monoisotopic (exact) mass is 283 g/mol. The molecule has 0 aliphatic heterocycles. The third kappa shape index (κ3) is 3.23. The second-order valence-electron chi connectivity index (χ2n) is 8.04. The van der Waals surface area contributed by atoms with Crippen LogP contribution in [0, 0.1) is 17.8 Å². The van der Waals surface area contributed by atoms with Gasteiger partial charge in [-0.25, -0.2) is 0 Å². The highest BCUT2D eigenvalue weighted by Crippen LogP contribution is 2.43. The van der Waals surface area contributed by atoms with Crippen molar-refractivity contribution in [2.45, 2.75) is 52.0 Å². The van der Waals surface area contributed by atoms with Crippen molar-refractivity contribution < 1.29 is 0 Å². The van der Waals surface area contributed by atoms with E-state index < -0.39 is 0 Å². The van der Waals surface area contributed by atoms with Crippen LogP contribution >= 0.6 is 0 Å². The summed E-state index contributed by atoms with van der Waals surface area (Å²) in [6, 6.07) is 9.60. The van der Waals surface area contributed by atoms with E-state index in [1.165, 1.54) is 24.0 Å². The van der Waals surface area contributed by atoms with Crippen molar-refractivity contribution in [1.82, 2.24) is 5.32 Å². The highest BCUT2D eigenvalue weighted by atomic mass is 14.9. The van der Waals surface area contributed by atoms with Gasteiger partial charge in [-0.15, -0.1) is 0 Å². The summed E-state index contributed by atoms with van der Waals surface area (Å²) in [6.45, 7) is 10.3. The molecule has 0 spiro atoms. The molecule has 0 aromatic heterocycles. The highest BCUT2D eigenvalue weighted by molar-refractivity contribution is 5.29. The molecule has 0 saturated heterocycles. The maximum atomic E-state index is 3.75. The van der Waals surface area contributed by atoms with Gasteiger partial charge in [-0.05, 0) is 60.6 Å². The van der Waals surface area contributed by atoms with E-state index in [9.17, 15) is 0 Å². The van der Waals surface area contributed by atoms with E-state index in [-0.39, 0.29) is 5.41 Å². The third-order valence-corrected chi connectivity index (χ3v) is 5.38. The summed E-state index contributed by atoms with van der Waals surface area (Å²) < 4.78 is 0. The number of fused-ring (bicyclic) bond motifs is 2.